The Bertz CT molecular complexity index is 512. The number of likely N-dealkylation sites (N-methyl/N-ethyl adjacent to an activating group) is 1. The van der Waals surface area contributed by atoms with E-state index < -0.39 is 17.4 Å². The van der Waals surface area contributed by atoms with Crippen molar-refractivity contribution in [1.29, 1.82) is 0 Å². The summed E-state index contributed by atoms with van der Waals surface area (Å²) in [5.74, 6) is -0.832. The monoisotopic (exact) mass is 279 g/mol. The van der Waals surface area contributed by atoms with Gasteiger partial charge in [0.2, 0.25) is 17.7 Å². The molecule has 7 nitrogen and oxygen atoms in total. The highest BCUT2D eigenvalue weighted by Crippen LogP contribution is 2.45. The number of barbiturate groups is 1. The summed E-state index contributed by atoms with van der Waals surface area (Å²) in [5, 5.41) is 2.30. The predicted octanol–water partition coefficient (Wildman–Crippen LogP) is -0.144. The number of hydrogen-bond acceptors (Lipinski definition) is 4. The van der Waals surface area contributed by atoms with Crippen LogP contribution in [0.2, 0.25) is 0 Å². The van der Waals surface area contributed by atoms with Crippen molar-refractivity contribution in [3.63, 3.8) is 0 Å². The molecule has 108 valence electrons. The molecular formula is C13H17N3O4. The Morgan fingerprint density at radius 1 is 1.20 bits per heavy atom. The van der Waals surface area contributed by atoms with E-state index in [-0.39, 0.29) is 17.9 Å². The number of nitrogens with one attached hydrogen (secondary N) is 1. The first kappa shape index (κ1) is 13.1. The largest absolute Gasteiger partial charge is 0.344 e. The molecule has 2 heterocycles. The van der Waals surface area contributed by atoms with Crippen molar-refractivity contribution >= 4 is 23.8 Å². The maximum atomic E-state index is 12.6. The Hall–Kier alpha value is -1.92. The third-order valence-electron chi connectivity index (χ3n) is 4.68. The molecule has 1 unspecified atom stereocenters. The van der Waals surface area contributed by atoms with Gasteiger partial charge in [0.15, 0.2) is 0 Å². The number of rotatable bonds is 1. The summed E-state index contributed by atoms with van der Waals surface area (Å²) < 4.78 is 0. The van der Waals surface area contributed by atoms with Crippen molar-refractivity contribution in [2.24, 2.45) is 5.41 Å². The number of amides is 5. The number of imide groups is 2. The molecule has 7 heteroatoms. The lowest BCUT2D eigenvalue weighted by molar-refractivity contribution is -0.160. The molecule has 0 aromatic rings. The van der Waals surface area contributed by atoms with Crippen molar-refractivity contribution in [3.05, 3.63) is 0 Å². The van der Waals surface area contributed by atoms with Crippen LogP contribution in [0.5, 0.6) is 0 Å². The summed E-state index contributed by atoms with van der Waals surface area (Å²) in [5.41, 5.74) is -1.03. The first-order chi connectivity index (χ1) is 9.45. The van der Waals surface area contributed by atoms with Gasteiger partial charge in [0.25, 0.3) is 0 Å². The maximum absolute atomic E-state index is 12.6. The molecule has 0 aromatic heterocycles. The standard InChI is InChI=1S/C13H17N3O4/c1-15-7-8(3-4-9(15)17)16-11(19)13(5-2-6-13)10(18)14-12(16)20/h8H,2-7H2,1H3,(H,14,18,20). The molecule has 1 aliphatic carbocycles. The zero-order chi connectivity index (χ0) is 14.5. The van der Waals surface area contributed by atoms with Gasteiger partial charge in [-0.05, 0) is 19.3 Å². The summed E-state index contributed by atoms with van der Waals surface area (Å²) in [6, 6.07) is -0.985. The second-order valence-electron chi connectivity index (χ2n) is 5.84. The molecule has 0 aromatic carbocycles. The normalized spacial score (nSPS) is 29.6. The minimum atomic E-state index is -1.03. The van der Waals surface area contributed by atoms with Crippen molar-refractivity contribution in [3.8, 4) is 0 Å². The van der Waals surface area contributed by atoms with Gasteiger partial charge < -0.3 is 4.90 Å². The summed E-state index contributed by atoms with van der Waals surface area (Å²) in [6.07, 6.45) is 2.61. The summed E-state index contributed by atoms with van der Waals surface area (Å²) in [7, 11) is 1.66. The quantitative estimate of drug-likeness (QED) is 0.677. The van der Waals surface area contributed by atoms with E-state index in [9.17, 15) is 19.2 Å². The number of piperidine rings is 1. The van der Waals surface area contributed by atoms with Gasteiger partial charge >= 0.3 is 6.03 Å². The van der Waals surface area contributed by atoms with Crippen LogP contribution in [0.15, 0.2) is 0 Å². The van der Waals surface area contributed by atoms with Gasteiger partial charge in [-0.3, -0.25) is 24.6 Å². The smallest absolute Gasteiger partial charge is 0.331 e. The summed E-state index contributed by atoms with van der Waals surface area (Å²) in [4.78, 5) is 50.7. The molecule has 0 bridgehead atoms. The molecule has 1 spiro atoms. The van der Waals surface area contributed by atoms with Crippen LogP contribution < -0.4 is 5.32 Å². The van der Waals surface area contributed by atoms with Crippen molar-refractivity contribution in [1.82, 2.24) is 15.1 Å². The van der Waals surface area contributed by atoms with E-state index in [0.29, 0.717) is 32.2 Å². The minimum absolute atomic E-state index is 0.0144. The van der Waals surface area contributed by atoms with Crippen LogP contribution in [-0.2, 0) is 14.4 Å². The Morgan fingerprint density at radius 3 is 2.45 bits per heavy atom. The molecule has 0 radical (unpaired) electrons. The molecule has 2 saturated heterocycles. The average Bonchev–Trinajstić information content (AvgIpc) is 2.31. The van der Waals surface area contributed by atoms with Crippen LogP contribution in [0.1, 0.15) is 32.1 Å². The fourth-order valence-corrected chi connectivity index (χ4v) is 3.20. The first-order valence-electron chi connectivity index (χ1n) is 6.89. The third-order valence-corrected chi connectivity index (χ3v) is 4.68. The van der Waals surface area contributed by atoms with Gasteiger partial charge in [-0.1, -0.05) is 6.42 Å². The first-order valence-corrected chi connectivity index (χ1v) is 6.89. The second-order valence-corrected chi connectivity index (χ2v) is 5.84. The van der Waals surface area contributed by atoms with Crippen LogP contribution in [-0.4, -0.2) is 53.2 Å². The van der Waals surface area contributed by atoms with Crippen LogP contribution >= 0.6 is 0 Å². The minimum Gasteiger partial charge on any atom is -0.344 e. The molecular weight excluding hydrogens is 262 g/mol. The second kappa shape index (κ2) is 4.29. The number of nitrogens with zero attached hydrogens (tertiary/aromatic N) is 2. The molecule has 2 aliphatic heterocycles. The Kier molecular flexibility index (Phi) is 2.81. The van der Waals surface area contributed by atoms with Gasteiger partial charge in [0.1, 0.15) is 5.41 Å². The van der Waals surface area contributed by atoms with Crippen molar-refractivity contribution in [2.75, 3.05) is 13.6 Å². The molecule has 3 aliphatic rings. The van der Waals surface area contributed by atoms with Gasteiger partial charge in [-0.2, -0.15) is 0 Å². The third kappa shape index (κ3) is 1.65. The number of carbonyl (C=O) groups excluding carboxylic acids is 4. The molecule has 1 saturated carbocycles. The molecule has 20 heavy (non-hydrogen) atoms. The summed E-state index contributed by atoms with van der Waals surface area (Å²) >= 11 is 0. The lowest BCUT2D eigenvalue weighted by atomic mass is 9.66. The highest BCUT2D eigenvalue weighted by molar-refractivity contribution is 6.19. The fraction of sp³-hybridized carbons (Fsp3) is 0.692. The predicted molar refractivity (Wildman–Crippen MR) is 67.3 cm³/mol. The highest BCUT2D eigenvalue weighted by Gasteiger charge is 2.58. The van der Waals surface area contributed by atoms with Gasteiger partial charge in [-0.15, -0.1) is 0 Å². The average molecular weight is 279 g/mol. The van der Waals surface area contributed by atoms with Crippen LogP contribution in [0.3, 0.4) is 0 Å². The topological polar surface area (TPSA) is 86.8 Å². The van der Waals surface area contributed by atoms with Crippen molar-refractivity contribution < 1.29 is 19.2 Å². The molecule has 1 N–H and O–H groups in total. The lowest BCUT2D eigenvalue weighted by Crippen LogP contribution is -2.69. The maximum Gasteiger partial charge on any atom is 0.331 e. The highest BCUT2D eigenvalue weighted by atomic mass is 16.2. The molecule has 3 rings (SSSR count). The Morgan fingerprint density at radius 2 is 1.90 bits per heavy atom. The molecule has 1 atom stereocenters. The van der Waals surface area contributed by atoms with E-state index in [2.05, 4.69) is 5.32 Å². The van der Waals surface area contributed by atoms with E-state index in [1.807, 2.05) is 0 Å². The van der Waals surface area contributed by atoms with E-state index in [1.165, 1.54) is 9.80 Å². The Balaban J connectivity index is 1.85. The number of hydrogen-bond donors (Lipinski definition) is 1. The SMILES string of the molecule is CN1CC(N2C(=O)NC(=O)C3(CCC3)C2=O)CCC1=O. The zero-order valence-electron chi connectivity index (χ0n) is 11.3. The van der Waals surface area contributed by atoms with Crippen LogP contribution in [0, 0.1) is 5.41 Å². The van der Waals surface area contributed by atoms with Gasteiger partial charge in [-0.25, -0.2) is 4.79 Å². The van der Waals surface area contributed by atoms with E-state index >= 15 is 0 Å². The van der Waals surface area contributed by atoms with Gasteiger partial charge in [0.05, 0.1) is 6.04 Å². The molecule has 3 fully saturated rings. The number of likely N-dealkylation sites (tertiary alicyclic amines) is 1. The van der Waals surface area contributed by atoms with E-state index in [4.69, 9.17) is 0 Å². The Labute approximate surface area is 116 Å². The number of urea groups is 1. The lowest BCUT2D eigenvalue weighted by Gasteiger charge is -2.47. The van der Waals surface area contributed by atoms with Crippen LogP contribution in [0.4, 0.5) is 4.79 Å². The summed E-state index contributed by atoms with van der Waals surface area (Å²) in [6.45, 7) is 0.336. The van der Waals surface area contributed by atoms with E-state index in [0.717, 1.165) is 6.42 Å². The fourth-order valence-electron chi connectivity index (χ4n) is 3.20. The zero-order valence-corrected chi connectivity index (χ0v) is 11.3. The van der Waals surface area contributed by atoms with Gasteiger partial charge in [0, 0.05) is 20.0 Å². The van der Waals surface area contributed by atoms with E-state index in [1.54, 1.807) is 7.05 Å². The van der Waals surface area contributed by atoms with Crippen LogP contribution in [0.25, 0.3) is 0 Å². The number of carbonyl (C=O) groups is 4. The molecule has 5 amide bonds. The van der Waals surface area contributed by atoms with Crippen molar-refractivity contribution in [2.45, 2.75) is 38.1 Å².